The molecule has 2 nitrogen and oxygen atoms in total. The first-order valence-corrected chi connectivity index (χ1v) is 5.56. The molecule has 0 amide bonds. The van der Waals surface area contributed by atoms with Crippen LogP contribution in [0.5, 0.6) is 0 Å². The highest BCUT2D eigenvalue weighted by Crippen LogP contribution is 2.20. The van der Waals surface area contributed by atoms with Gasteiger partial charge in [0, 0.05) is 11.7 Å². The van der Waals surface area contributed by atoms with Crippen molar-refractivity contribution in [2.24, 2.45) is 0 Å². The Labute approximate surface area is 88.5 Å². The van der Waals surface area contributed by atoms with Crippen LogP contribution in [0.25, 0.3) is 0 Å². The van der Waals surface area contributed by atoms with Crippen molar-refractivity contribution < 1.29 is 0 Å². The molecule has 1 N–H and O–H groups in total. The number of aromatic amines is 1. The van der Waals surface area contributed by atoms with Crippen LogP contribution in [-0.4, -0.2) is 23.0 Å². The molecule has 0 aliphatic heterocycles. The maximum Gasteiger partial charge on any atom is 0.0822 e. The van der Waals surface area contributed by atoms with Crippen LogP contribution in [0.2, 0.25) is 0 Å². The van der Waals surface area contributed by atoms with E-state index in [9.17, 15) is 0 Å². The number of nitrogens with one attached hydrogen (secondary N) is 1. The van der Waals surface area contributed by atoms with Crippen LogP contribution in [0.4, 0.5) is 0 Å². The SMILES string of the molecule is CCN(CC)C(C)c1ccc(Br)[nH]1. The molecule has 1 rings (SSSR count). The van der Waals surface area contributed by atoms with Crippen molar-refractivity contribution in [3.63, 3.8) is 0 Å². The monoisotopic (exact) mass is 244 g/mol. The Hall–Kier alpha value is -0.280. The minimum absolute atomic E-state index is 0.473. The van der Waals surface area contributed by atoms with E-state index in [0.717, 1.165) is 17.7 Å². The molecule has 74 valence electrons. The maximum atomic E-state index is 3.42. The first-order valence-electron chi connectivity index (χ1n) is 4.77. The third-order valence-electron chi connectivity index (χ3n) is 2.48. The zero-order chi connectivity index (χ0) is 9.84. The van der Waals surface area contributed by atoms with Crippen LogP contribution in [0.15, 0.2) is 16.7 Å². The standard InChI is InChI=1S/C10H17BrN2/c1-4-13(5-2)8(3)9-6-7-10(11)12-9/h6-8,12H,4-5H2,1-3H3. The molecular formula is C10H17BrN2. The summed E-state index contributed by atoms with van der Waals surface area (Å²) in [7, 11) is 0. The molecule has 0 radical (unpaired) electrons. The average Bonchev–Trinajstić information content (AvgIpc) is 2.54. The van der Waals surface area contributed by atoms with E-state index in [2.05, 4.69) is 58.7 Å². The third-order valence-corrected chi connectivity index (χ3v) is 2.95. The van der Waals surface area contributed by atoms with E-state index >= 15 is 0 Å². The highest BCUT2D eigenvalue weighted by molar-refractivity contribution is 9.10. The van der Waals surface area contributed by atoms with Crippen LogP contribution in [0.1, 0.15) is 32.5 Å². The molecular weight excluding hydrogens is 228 g/mol. The molecule has 0 saturated heterocycles. The number of nitrogens with zero attached hydrogens (tertiary/aromatic N) is 1. The normalized spacial score (nSPS) is 13.6. The van der Waals surface area contributed by atoms with E-state index in [1.807, 2.05) is 0 Å². The second-order valence-electron chi connectivity index (χ2n) is 3.16. The van der Waals surface area contributed by atoms with Gasteiger partial charge < -0.3 is 4.98 Å². The lowest BCUT2D eigenvalue weighted by atomic mass is 10.2. The highest BCUT2D eigenvalue weighted by Gasteiger charge is 2.13. The predicted octanol–water partition coefficient (Wildman–Crippen LogP) is 3.18. The summed E-state index contributed by atoms with van der Waals surface area (Å²) in [6.07, 6.45) is 0. The molecule has 1 unspecified atom stereocenters. The summed E-state index contributed by atoms with van der Waals surface area (Å²) in [5.74, 6) is 0. The Kier molecular flexibility index (Phi) is 4.00. The van der Waals surface area contributed by atoms with E-state index in [4.69, 9.17) is 0 Å². The molecule has 1 aromatic heterocycles. The van der Waals surface area contributed by atoms with Crippen molar-refractivity contribution in [1.82, 2.24) is 9.88 Å². The smallest absolute Gasteiger partial charge is 0.0822 e. The number of rotatable bonds is 4. The van der Waals surface area contributed by atoms with Gasteiger partial charge in [-0.05, 0) is 48.1 Å². The zero-order valence-electron chi connectivity index (χ0n) is 8.47. The minimum Gasteiger partial charge on any atom is -0.352 e. The molecule has 0 aliphatic carbocycles. The van der Waals surface area contributed by atoms with Crippen molar-refractivity contribution in [2.75, 3.05) is 13.1 Å². The molecule has 0 saturated carbocycles. The van der Waals surface area contributed by atoms with Gasteiger partial charge in [0.15, 0.2) is 0 Å². The molecule has 0 aliphatic rings. The van der Waals surface area contributed by atoms with Crippen molar-refractivity contribution in [3.8, 4) is 0 Å². The fourth-order valence-corrected chi connectivity index (χ4v) is 1.96. The molecule has 0 bridgehead atoms. The summed E-state index contributed by atoms with van der Waals surface area (Å²) in [6, 6.07) is 4.66. The van der Waals surface area contributed by atoms with E-state index in [1.165, 1.54) is 5.69 Å². The summed E-state index contributed by atoms with van der Waals surface area (Å²) in [5, 5.41) is 0. The quantitative estimate of drug-likeness (QED) is 0.863. The fraction of sp³-hybridized carbons (Fsp3) is 0.600. The van der Waals surface area contributed by atoms with E-state index in [0.29, 0.717) is 6.04 Å². The Bertz CT molecular complexity index is 253. The van der Waals surface area contributed by atoms with Crippen LogP contribution in [0.3, 0.4) is 0 Å². The second-order valence-corrected chi connectivity index (χ2v) is 4.01. The van der Waals surface area contributed by atoms with Crippen LogP contribution >= 0.6 is 15.9 Å². The molecule has 13 heavy (non-hydrogen) atoms. The molecule has 1 aromatic rings. The summed E-state index contributed by atoms with van der Waals surface area (Å²) in [6.45, 7) is 8.80. The molecule has 1 atom stereocenters. The molecule has 0 aromatic carbocycles. The summed E-state index contributed by atoms with van der Waals surface area (Å²) >= 11 is 3.42. The zero-order valence-corrected chi connectivity index (χ0v) is 10.1. The number of halogens is 1. The number of H-pyrrole nitrogens is 1. The first-order chi connectivity index (χ1) is 6.19. The number of aromatic nitrogens is 1. The van der Waals surface area contributed by atoms with Gasteiger partial charge in [0.25, 0.3) is 0 Å². The van der Waals surface area contributed by atoms with E-state index in [1.54, 1.807) is 0 Å². The Balaban J connectivity index is 2.71. The Morgan fingerprint density at radius 3 is 2.38 bits per heavy atom. The molecule has 0 fully saturated rings. The predicted molar refractivity (Wildman–Crippen MR) is 59.8 cm³/mol. The van der Waals surface area contributed by atoms with Crippen LogP contribution in [0, 0.1) is 0 Å². The molecule has 0 spiro atoms. The van der Waals surface area contributed by atoms with Gasteiger partial charge in [0.2, 0.25) is 0 Å². The van der Waals surface area contributed by atoms with E-state index < -0.39 is 0 Å². The summed E-state index contributed by atoms with van der Waals surface area (Å²) < 4.78 is 1.06. The van der Waals surface area contributed by atoms with Gasteiger partial charge in [-0.25, -0.2) is 0 Å². The topological polar surface area (TPSA) is 19.0 Å². The second kappa shape index (κ2) is 4.82. The third kappa shape index (κ3) is 2.58. The first kappa shape index (κ1) is 10.8. The Morgan fingerprint density at radius 2 is 2.00 bits per heavy atom. The van der Waals surface area contributed by atoms with Gasteiger partial charge in [0.05, 0.1) is 4.60 Å². The van der Waals surface area contributed by atoms with Gasteiger partial charge >= 0.3 is 0 Å². The van der Waals surface area contributed by atoms with Crippen molar-refractivity contribution >= 4 is 15.9 Å². The lowest BCUT2D eigenvalue weighted by molar-refractivity contribution is 0.231. The fourth-order valence-electron chi connectivity index (χ4n) is 1.60. The number of hydrogen-bond donors (Lipinski definition) is 1. The van der Waals surface area contributed by atoms with Gasteiger partial charge in [-0.15, -0.1) is 0 Å². The van der Waals surface area contributed by atoms with Crippen molar-refractivity contribution in [3.05, 3.63) is 22.4 Å². The lowest BCUT2D eigenvalue weighted by Crippen LogP contribution is -2.26. The summed E-state index contributed by atoms with van der Waals surface area (Å²) in [4.78, 5) is 5.71. The number of hydrogen-bond acceptors (Lipinski definition) is 1. The highest BCUT2D eigenvalue weighted by atomic mass is 79.9. The van der Waals surface area contributed by atoms with Crippen molar-refractivity contribution in [1.29, 1.82) is 0 Å². The van der Waals surface area contributed by atoms with Gasteiger partial charge in [-0.3, -0.25) is 4.90 Å². The lowest BCUT2D eigenvalue weighted by Gasteiger charge is -2.25. The average molecular weight is 245 g/mol. The van der Waals surface area contributed by atoms with E-state index in [-0.39, 0.29) is 0 Å². The van der Waals surface area contributed by atoms with Crippen LogP contribution < -0.4 is 0 Å². The Morgan fingerprint density at radius 1 is 1.38 bits per heavy atom. The van der Waals surface area contributed by atoms with Gasteiger partial charge in [0.1, 0.15) is 0 Å². The molecule has 1 heterocycles. The van der Waals surface area contributed by atoms with Gasteiger partial charge in [-0.2, -0.15) is 0 Å². The maximum absolute atomic E-state index is 3.42. The summed E-state index contributed by atoms with van der Waals surface area (Å²) in [5.41, 5.74) is 1.27. The van der Waals surface area contributed by atoms with Crippen LogP contribution in [-0.2, 0) is 0 Å². The minimum atomic E-state index is 0.473. The molecule has 3 heteroatoms. The largest absolute Gasteiger partial charge is 0.352 e. The van der Waals surface area contributed by atoms with Crippen molar-refractivity contribution in [2.45, 2.75) is 26.8 Å². The van der Waals surface area contributed by atoms with Gasteiger partial charge in [-0.1, -0.05) is 13.8 Å².